The van der Waals surface area contributed by atoms with Crippen molar-refractivity contribution < 1.29 is 4.79 Å². The van der Waals surface area contributed by atoms with Gasteiger partial charge in [-0.05, 0) is 43.3 Å². The van der Waals surface area contributed by atoms with Crippen LogP contribution in [0.15, 0.2) is 48.8 Å². The van der Waals surface area contributed by atoms with Crippen molar-refractivity contribution in [3.8, 4) is 5.69 Å². The minimum absolute atomic E-state index is 0.00866. The number of amides is 2. The summed E-state index contributed by atoms with van der Waals surface area (Å²) in [6.07, 6.45) is 5.08. The molecular weight excluding hydrogens is 338 g/mol. The van der Waals surface area contributed by atoms with E-state index in [-0.39, 0.29) is 6.03 Å². The van der Waals surface area contributed by atoms with E-state index in [1.807, 2.05) is 58.3 Å². The third kappa shape index (κ3) is 4.17. The molecule has 1 aromatic carbocycles. The Kier molecular flexibility index (Phi) is 5.45. The van der Waals surface area contributed by atoms with Crippen LogP contribution in [0.1, 0.15) is 13.3 Å². The predicted molar refractivity (Wildman–Crippen MR) is 108 cm³/mol. The van der Waals surface area contributed by atoms with E-state index in [1.165, 1.54) is 0 Å². The van der Waals surface area contributed by atoms with E-state index in [0.29, 0.717) is 6.04 Å². The first-order valence-electron chi connectivity index (χ1n) is 9.98. The molecule has 0 aliphatic carbocycles. The van der Waals surface area contributed by atoms with Crippen molar-refractivity contribution in [2.45, 2.75) is 19.4 Å². The highest BCUT2D eigenvalue weighted by molar-refractivity contribution is 5.89. The van der Waals surface area contributed by atoms with E-state index in [0.717, 1.165) is 63.6 Å². The second kappa shape index (κ2) is 8.15. The zero-order valence-electron chi connectivity index (χ0n) is 16.1. The number of urea groups is 1. The number of benzene rings is 1. The summed E-state index contributed by atoms with van der Waals surface area (Å²) in [7, 11) is 0. The summed E-state index contributed by atoms with van der Waals surface area (Å²) in [6, 6.07) is 12.5. The Bertz CT molecular complexity index is 752. The summed E-state index contributed by atoms with van der Waals surface area (Å²) in [5, 5.41) is 3.07. The lowest BCUT2D eigenvalue weighted by molar-refractivity contribution is 0.103. The van der Waals surface area contributed by atoms with Crippen LogP contribution in [0.4, 0.5) is 10.5 Å². The molecule has 2 amide bonds. The molecule has 6 heteroatoms. The van der Waals surface area contributed by atoms with E-state index in [1.54, 1.807) is 0 Å². The molecule has 4 rings (SSSR count). The van der Waals surface area contributed by atoms with Gasteiger partial charge in [0.25, 0.3) is 0 Å². The number of hydrogen-bond donors (Lipinski definition) is 1. The molecule has 1 N–H and O–H groups in total. The third-order valence-corrected chi connectivity index (χ3v) is 5.82. The van der Waals surface area contributed by atoms with Crippen molar-refractivity contribution in [1.82, 2.24) is 19.3 Å². The van der Waals surface area contributed by atoms with Crippen molar-refractivity contribution in [2.75, 3.05) is 51.1 Å². The van der Waals surface area contributed by atoms with Gasteiger partial charge in [-0.25, -0.2) is 4.79 Å². The number of nitrogens with one attached hydrogen (secondary N) is 1. The molecule has 2 aliphatic heterocycles. The molecule has 0 spiro atoms. The summed E-state index contributed by atoms with van der Waals surface area (Å²) < 4.78 is 2.04. The van der Waals surface area contributed by atoms with Gasteiger partial charge in [-0.3, -0.25) is 4.90 Å². The molecule has 2 aromatic rings. The number of piperazine rings is 1. The lowest BCUT2D eigenvalue weighted by Gasteiger charge is -2.37. The van der Waals surface area contributed by atoms with Gasteiger partial charge in [0.1, 0.15) is 0 Å². The molecule has 1 unspecified atom stereocenters. The summed E-state index contributed by atoms with van der Waals surface area (Å²) in [5.74, 6) is 0. The first-order valence-corrected chi connectivity index (χ1v) is 9.98. The Morgan fingerprint density at radius 1 is 1.07 bits per heavy atom. The molecule has 1 atom stereocenters. The van der Waals surface area contributed by atoms with Crippen LogP contribution in [-0.2, 0) is 0 Å². The number of rotatable bonds is 4. The van der Waals surface area contributed by atoms with Crippen LogP contribution >= 0.6 is 0 Å². The van der Waals surface area contributed by atoms with E-state index < -0.39 is 0 Å². The highest BCUT2D eigenvalue weighted by atomic mass is 16.2. The molecule has 0 bridgehead atoms. The maximum absolute atomic E-state index is 12.7. The highest BCUT2D eigenvalue weighted by Crippen LogP contribution is 2.20. The monoisotopic (exact) mass is 367 g/mol. The Hall–Kier alpha value is -2.31. The average molecular weight is 367 g/mol. The Morgan fingerprint density at radius 3 is 2.59 bits per heavy atom. The number of likely N-dealkylation sites (tertiary alicyclic amines) is 1. The summed E-state index contributed by atoms with van der Waals surface area (Å²) in [5.41, 5.74) is 1.89. The van der Waals surface area contributed by atoms with Gasteiger partial charge in [0, 0.05) is 69.1 Å². The molecule has 0 saturated carbocycles. The topological polar surface area (TPSA) is 43.8 Å². The molecule has 27 heavy (non-hydrogen) atoms. The number of nitrogens with zero attached hydrogens (tertiary/aromatic N) is 4. The summed E-state index contributed by atoms with van der Waals surface area (Å²) in [6.45, 7) is 9.55. The second-order valence-electron chi connectivity index (χ2n) is 7.43. The molecule has 144 valence electrons. The zero-order chi connectivity index (χ0) is 18.6. The standard InChI is InChI=1S/C21H29N5O/c1-2-23-12-14-25(15-13-23)20-8-11-26(17-20)21(27)22-18-6-5-7-19(16-18)24-9-3-4-10-24/h3-7,9-10,16,20H,2,8,11-15,17H2,1H3,(H,22,27). The number of aromatic nitrogens is 1. The van der Waals surface area contributed by atoms with Gasteiger partial charge in [0.15, 0.2) is 0 Å². The first-order chi connectivity index (χ1) is 13.2. The van der Waals surface area contributed by atoms with E-state index in [4.69, 9.17) is 0 Å². The van der Waals surface area contributed by atoms with Crippen LogP contribution < -0.4 is 5.32 Å². The Labute approximate surface area is 161 Å². The minimum atomic E-state index is 0.00866. The van der Waals surface area contributed by atoms with E-state index in [2.05, 4.69) is 22.0 Å². The third-order valence-electron chi connectivity index (χ3n) is 5.82. The molecule has 3 heterocycles. The summed E-state index contributed by atoms with van der Waals surface area (Å²) >= 11 is 0. The van der Waals surface area contributed by atoms with Crippen molar-refractivity contribution in [2.24, 2.45) is 0 Å². The van der Waals surface area contributed by atoms with Gasteiger partial charge in [-0.15, -0.1) is 0 Å². The second-order valence-corrected chi connectivity index (χ2v) is 7.43. The molecule has 2 saturated heterocycles. The van der Waals surface area contributed by atoms with Gasteiger partial charge >= 0.3 is 6.03 Å². The van der Waals surface area contributed by atoms with E-state index >= 15 is 0 Å². The number of hydrogen-bond acceptors (Lipinski definition) is 3. The number of anilines is 1. The van der Waals surface area contributed by atoms with Crippen LogP contribution in [0.5, 0.6) is 0 Å². The lowest BCUT2D eigenvalue weighted by Crippen LogP contribution is -2.51. The smallest absolute Gasteiger partial charge is 0.321 e. The fourth-order valence-corrected chi connectivity index (χ4v) is 4.12. The van der Waals surface area contributed by atoms with Gasteiger partial charge in [-0.2, -0.15) is 0 Å². The van der Waals surface area contributed by atoms with Gasteiger partial charge in [0.05, 0.1) is 0 Å². The lowest BCUT2D eigenvalue weighted by atomic mass is 10.2. The van der Waals surface area contributed by atoms with Crippen LogP contribution in [0.25, 0.3) is 5.69 Å². The van der Waals surface area contributed by atoms with Crippen LogP contribution in [-0.4, -0.2) is 77.2 Å². The van der Waals surface area contributed by atoms with Crippen molar-refractivity contribution >= 4 is 11.7 Å². The quantitative estimate of drug-likeness (QED) is 0.904. The zero-order valence-corrected chi connectivity index (χ0v) is 16.1. The molecule has 2 fully saturated rings. The SMILES string of the molecule is CCN1CCN(C2CCN(C(=O)Nc3cccc(-n4cccc4)c3)C2)CC1. The molecule has 1 aromatic heterocycles. The normalized spacial score (nSPS) is 21.5. The van der Waals surface area contributed by atoms with Gasteiger partial charge < -0.3 is 19.7 Å². The molecular formula is C21H29N5O. The number of carbonyl (C=O) groups is 1. The van der Waals surface area contributed by atoms with Crippen LogP contribution in [0.3, 0.4) is 0 Å². The predicted octanol–water partition coefficient (Wildman–Crippen LogP) is 2.72. The summed E-state index contributed by atoms with van der Waals surface area (Å²) in [4.78, 5) is 19.7. The Balaban J connectivity index is 1.33. The minimum Gasteiger partial charge on any atom is -0.324 e. The van der Waals surface area contributed by atoms with Crippen LogP contribution in [0.2, 0.25) is 0 Å². The largest absolute Gasteiger partial charge is 0.324 e. The maximum Gasteiger partial charge on any atom is 0.321 e. The van der Waals surface area contributed by atoms with Gasteiger partial charge in [0.2, 0.25) is 0 Å². The van der Waals surface area contributed by atoms with Crippen molar-refractivity contribution in [3.05, 3.63) is 48.8 Å². The molecule has 6 nitrogen and oxygen atoms in total. The average Bonchev–Trinajstić information content (AvgIpc) is 3.40. The van der Waals surface area contributed by atoms with Crippen molar-refractivity contribution in [1.29, 1.82) is 0 Å². The number of carbonyl (C=O) groups excluding carboxylic acids is 1. The Morgan fingerprint density at radius 2 is 1.85 bits per heavy atom. The van der Waals surface area contributed by atoms with Crippen molar-refractivity contribution in [3.63, 3.8) is 0 Å². The highest BCUT2D eigenvalue weighted by Gasteiger charge is 2.31. The van der Waals surface area contributed by atoms with Gasteiger partial charge in [-0.1, -0.05) is 13.0 Å². The molecule has 2 aliphatic rings. The fraction of sp³-hybridized carbons (Fsp3) is 0.476. The number of likely N-dealkylation sites (N-methyl/N-ethyl adjacent to an activating group) is 1. The molecule has 0 radical (unpaired) electrons. The van der Waals surface area contributed by atoms with E-state index in [9.17, 15) is 4.79 Å². The fourth-order valence-electron chi connectivity index (χ4n) is 4.12. The first kappa shape index (κ1) is 18.1. The van der Waals surface area contributed by atoms with Crippen LogP contribution in [0, 0.1) is 0 Å². The maximum atomic E-state index is 12.7.